The van der Waals surface area contributed by atoms with Crippen LogP contribution in [0.2, 0.25) is 0 Å². The van der Waals surface area contributed by atoms with Gasteiger partial charge in [0.1, 0.15) is 12.1 Å². The zero-order valence-electron chi connectivity index (χ0n) is 11.6. The fraction of sp³-hybridized carbons (Fsp3) is 0.692. The largest absolute Gasteiger partial charge is 0.496 e. The van der Waals surface area contributed by atoms with Crippen molar-refractivity contribution in [2.75, 3.05) is 14.2 Å². The minimum absolute atomic E-state index is 0.00987. The van der Waals surface area contributed by atoms with Gasteiger partial charge in [-0.3, -0.25) is 14.5 Å². The maximum atomic E-state index is 11.2. The van der Waals surface area contributed by atoms with Gasteiger partial charge in [-0.15, -0.1) is 0 Å². The number of methoxy groups -OCH3 is 1. The Kier molecular flexibility index (Phi) is 3.80. The van der Waals surface area contributed by atoms with Crippen molar-refractivity contribution in [1.82, 2.24) is 4.90 Å². The minimum atomic E-state index is -0.366. The first-order valence-corrected chi connectivity index (χ1v) is 6.31. The zero-order chi connectivity index (χ0) is 14.2. The monoisotopic (exact) mass is 269 g/mol. The summed E-state index contributed by atoms with van der Waals surface area (Å²) in [5, 5.41) is 0. The van der Waals surface area contributed by atoms with Crippen LogP contribution in [0.15, 0.2) is 11.5 Å². The second-order valence-corrected chi connectivity index (χ2v) is 4.88. The molecule has 19 heavy (non-hydrogen) atoms. The van der Waals surface area contributed by atoms with Gasteiger partial charge in [0, 0.05) is 13.8 Å². The molecule has 2 bridgehead atoms. The molecule has 0 aromatic carbocycles. The van der Waals surface area contributed by atoms with Crippen molar-refractivity contribution < 1.29 is 23.8 Å². The summed E-state index contributed by atoms with van der Waals surface area (Å²) in [6.45, 7) is 2.76. The number of nitrogens with zero attached hydrogens (tertiary/aromatic N) is 1. The number of hydrogen-bond donors (Lipinski definition) is 0. The van der Waals surface area contributed by atoms with Gasteiger partial charge in [-0.2, -0.15) is 0 Å². The minimum Gasteiger partial charge on any atom is -0.496 e. The van der Waals surface area contributed by atoms with E-state index in [9.17, 15) is 9.59 Å². The summed E-state index contributed by atoms with van der Waals surface area (Å²) in [5.74, 6) is 0.464. The van der Waals surface area contributed by atoms with Crippen LogP contribution in [-0.2, 0) is 23.8 Å². The Morgan fingerprint density at radius 3 is 2.37 bits per heavy atom. The van der Waals surface area contributed by atoms with Gasteiger partial charge < -0.3 is 14.2 Å². The predicted molar refractivity (Wildman–Crippen MR) is 65.9 cm³/mol. The first kappa shape index (κ1) is 13.9. The molecule has 1 fully saturated rings. The van der Waals surface area contributed by atoms with E-state index in [1.807, 2.05) is 11.9 Å². The van der Waals surface area contributed by atoms with E-state index in [2.05, 4.69) is 0 Å². The molecule has 3 atom stereocenters. The van der Waals surface area contributed by atoms with Gasteiger partial charge in [0.15, 0.2) is 11.5 Å². The van der Waals surface area contributed by atoms with Crippen LogP contribution in [0.25, 0.3) is 0 Å². The van der Waals surface area contributed by atoms with E-state index in [1.54, 1.807) is 0 Å². The zero-order valence-corrected chi connectivity index (χ0v) is 11.6. The van der Waals surface area contributed by atoms with Crippen molar-refractivity contribution in [3.05, 3.63) is 11.5 Å². The number of fused-ring (bicyclic) bond motifs is 2. The molecule has 0 aliphatic carbocycles. The van der Waals surface area contributed by atoms with Crippen LogP contribution >= 0.6 is 0 Å². The van der Waals surface area contributed by atoms with Gasteiger partial charge >= 0.3 is 11.9 Å². The Labute approximate surface area is 112 Å². The molecule has 0 unspecified atom stereocenters. The molecule has 0 aromatic rings. The van der Waals surface area contributed by atoms with Gasteiger partial charge in [0.25, 0.3) is 0 Å². The lowest BCUT2D eigenvalue weighted by molar-refractivity contribution is -0.151. The normalized spacial score (nSPS) is 30.2. The van der Waals surface area contributed by atoms with E-state index in [4.69, 9.17) is 14.2 Å². The molecule has 0 aromatic heterocycles. The van der Waals surface area contributed by atoms with Gasteiger partial charge in [0.2, 0.25) is 0 Å². The van der Waals surface area contributed by atoms with E-state index >= 15 is 0 Å². The molecule has 0 radical (unpaired) electrons. The summed E-state index contributed by atoms with van der Waals surface area (Å²) in [5.41, 5.74) is 0. The smallest absolute Gasteiger partial charge is 0.307 e. The maximum Gasteiger partial charge on any atom is 0.307 e. The Balaban J connectivity index is 2.30. The van der Waals surface area contributed by atoms with Crippen LogP contribution in [0.1, 0.15) is 26.7 Å². The van der Waals surface area contributed by atoms with Gasteiger partial charge in [0.05, 0.1) is 13.2 Å². The van der Waals surface area contributed by atoms with E-state index in [0.717, 1.165) is 12.8 Å². The average Bonchev–Trinajstić information content (AvgIpc) is 2.47. The average molecular weight is 269 g/mol. The molecule has 2 rings (SSSR count). The lowest BCUT2D eigenvalue weighted by atomic mass is 9.99. The first-order chi connectivity index (χ1) is 8.95. The number of piperidine rings is 1. The molecule has 6 nitrogen and oxygen atoms in total. The molecular weight excluding hydrogens is 250 g/mol. The van der Waals surface area contributed by atoms with Crippen molar-refractivity contribution in [2.24, 2.45) is 0 Å². The van der Waals surface area contributed by atoms with Crippen molar-refractivity contribution in [3.8, 4) is 0 Å². The van der Waals surface area contributed by atoms with E-state index < -0.39 is 0 Å². The topological polar surface area (TPSA) is 65.1 Å². The third-order valence-electron chi connectivity index (χ3n) is 3.61. The molecule has 0 N–H and O–H groups in total. The fourth-order valence-electron chi connectivity index (χ4n) is 2.95. The Morgan fingerprint density at radius 1 is 1.16 bits per heavy atom. The SMILES string of the molecule is COC1=C(OC(C)=O)[C@H]2CC[C@@H](OC(C)=O)[C@@H]1N2C. The summed E-state index contributed by atoms with van der Waals surface area (Å²) in [6, 6.07) is -0.169. The first-order valence-electron chi connectivity index (χ1n) is 6.31. The van der Waals surface area contributed by atoms with Gasteiger partial charge in [-0.05, 0) is 19.9 Å². The van der Waals surface area contributed by atoms with Crippen molar-refractivity contribution in [1.29, 1.82) is 0 Å². The summed E-state index contributed by atoms with van der Waals surface area (Å²) in [6.07, 6.45) is 1.24. The quantitative estimate of drug-likeness (QED) is 0.707. The molecular formula is C13H19NO5. The van der Waals surface area contributed by atoms with Crippen LogP contribution in [-0.4, -0.2) is 49.2 Å². The maximum absolute atomic E-state index is 11.2. The predicted octanol–water partition coefficient (Wildman–Crippen LogP) is 0.816. The summed E-state index contributed by atoms with van der Waals surface area (Å²) in [4.78, 5) is 24.4. The molecule has 2 aliphatic rings. The molecule has 2 aliphatic heterocycles. The Hall–Kier alpha value is -1.56. The van der Waals surface area contributed by atoms with Crippen LogP contribution in [0, 0.1) is 0 Å². The lowest BCUT2D eigenvalue weighted by Gasteiger charge is -2.37. The highest BCUT2D eigenvalue weighted by Gasteiger charge is 2.50. The lowest BCUT2D eigenvalue weighted by Crippen LogP contribution is -2.49. The van der Waals surface area contributed by atoms with E-state index in [1.165, 1.54) is 21.0 Å². The highest BCUT2D eigenvalue weighted by atomic mass is 16.6. The summed E-state index contributed by atoms with van der Waals surface area (Å²) in [7, 11) is 3.46. The second-order valence-electron chi connectivity index (χ2n) is 4.88. The van der Waals surface area contributed by atoms with Crippen LogP contribution in [0.4, 0.5) is 0 Å². The third kappa shape index (κ3) is 2.45. The number of ether oxygens (including phenoxy) is 3. The van der Waals surface area contributed by atoms with Crippen LogP contribution in [0.5, 0.6) is 0 Å². The van der Waals surface area contributed by atoms with Crippen molar-refractivity contribution >= 4 is 11.9 Å². The number of carbonyl (C=O) groups excluding carboxylic acids is 2. The second kappa shape index (κ2) is 5.21. The molecule has 2 heterocycles. The van der Waals surface area contributed by atoms with Crippen LogP contribution in [0.3, 0.4) is 0 Å². The van der Waals surface area contributed by atoms with E-state index in [0.29, 0.717) is 11.5 Å². The van der Waals surface area contributed by atoms with Crippen molar-refractivity contribution in [3.63, 3.8) is 0 Å². The highest BCUT2D eigenvalue weighted by Crippen LogP contribution is 2.41. The van der Waals surface area contributed by atoms with Crippen LogP contribution < -0.4 is 0 Å². The number of carbonyl (C=O) groups is 2. The molecule has 106 valence electrons. The highest BCUT2D eigenvalue weighted by molar-refractivity contribution is 5.68. The molecule has 0 saturated carbocycles. The molecule has 6 heteroatoms. The number of hydrogen-bond acceptors (Lipinski definition) is 6. The molecule has 1 saturated heterocycles. The van der Waals surface area contributed by atoms with Crippen molar-refractivity contribution in [2.45, 2.75) is 44.9 Å². The Bertz CT molecular complexity index is 431. The van der Waals surface area contributed by atoms with Gasteiger partial charge in [-0.1, -0.05) is 0 Å². The standard InChI is InChI=1S/C13H19NO5/c1-7(15)18-10-6-5-9-12(19-8(2)16)13(17-4)11(10)14(9)3/h9-11H,5-6H2,1-4H3/t9-,10-,11+/m1/s1. The summed E-state index contributed by atoms with van der Waals surface area (Å²) >= 11 is 0. The number of rotatable bonds is 3. The third-order valence-corrected chi connectivity index (χ3v) is 3.61. The summed E-state index contributed by atoms with van der Waals surface area (Å²) < 4.78 is 16.0. The van der Waals surface area contributed by atoms with E-state index in [-0.39, 0.29) is 30.1 Å². The molecule has 0 spiro atoms. The Morgan fingerprint density at radius 2 is 1.84 bits per heavy atom. The number of likely N-dealkylation sites (N-methyl/N-ethyl adjacent to an activating group) is 1. The molecule has 0 amide bonds. The fourth-order valence-corrected chi connectivity index (χ4v) is 2.95. The number of esters is 2. The van der Waals surface area contributed by atoms with Gasteiger partial charge in [-0.25, -0.2) is 0 Å².